The summed E-state index contributed by atoms with van der Waals surface area (Å²) in [5.74, 6) is 0.312. The first-order valence-electron chi connectivity index (χ1n) is 6.10. The maximum atomic E-state index is 9.87. The molecule has 19 heavy (non-hydrogen) atoms. The highest BCUT2D eigenvalue weighted by Crippen LogP contribution is 2.30. The molecule has 0 unspecified atom stereocenters. The average molecular weight is 317 g/mol. The number of phenolic OH excluding ortho intramolecular Hbond substituents is 1. The summed E-state index contributed by atoms with van der Waals surface area (Å²) in [4.78, 5) is 0. The third-order valence-electron chi connectivity index (χ3n) is 3.24. The van der Waals surface area contributed by atoms with E-state index in [0.29, 0.717) is 5.75 Å². The van der Waals surface area contributed by atoms with Crippen LogP contribution in [0.15, 0.2) is 58.1 Å². The molecule has 0 aromatic heterocycles. The van der Waals surface area contributed by atoms with Crippen molar-refractivity contribution in [2.24, 2.45) is 5.10 Å². The predicted molar refractivity (Wildman–Crippen MR) is 79.3 cm³/mol. The SMILES string of the molecule is Oc1ccccc1[C@H]1CC(c2ccc(Br)cc2)=NN1. The van der Waals surface area contributed by atoms with Gasteiger partial charge in [-0.3, -0.25) is 0 Å². The Balaban J connectivity index is 1.80. The molecule has 3 nitrogen and oxygen atoms in total. The highest BCUT2D eigenvalue weighted by atomic mass is 79.9. The zero-order chi connectivity index (χ0) is 13.2. The summed E-state index contributed by atoms with van der Waals surface area (Å²) >= 11 is 3.42. The molecule has 2 N–H and O–H groups in total. The molecule has 4 heteroatoms. The number of nitrogens with one attached hydrogen (secondary N) is 1. The molecule has 0 spiro atoms. The number of hydrogen-bond acceptors (Lipinski definition) is 3. The van der Waals surface area contributed by atoms with Gasteiger partial charge in [0.15, 0.2) is 0 Å². The number of benzene rings is 2. The van der Waals surface area contributed by atoms with Crippen molar-refractivity contribution in [2.75, 3.05) is 0 Å². The third kappa shape index (κ3) is 2.49. The van der Waals surface area contributed by atoms with E-state index in [0.717, 1.165) is 27.7 Å². The summed E-state index contributed by atoms with van der Waals surface area (Å²) in [7, 11) is 0. The summed E-state index contributed by atoms with van der Waals surface area (Å²) in [6, 6.07) is 15.5. The summed E-state index contributed by atoms with van der Waals surface area (Å²) in [6.45, 7) is 0. The summed E-state index contributed by atoms with van der Waals surface area (Å²) < 4.78 is 1.06. The lowest BCUT2D eigenvalue weighted by atomic mass is 9.98. The van der Waals surface area contributed by atoms with Gasteiger partial charge in [0, 0.05) is 16.5 Å². The van der Waals surface area contributed by atoms with Crippen molar-refractivity contribution >= 4 is 21.6 Å². The molecule has 1 atom stereocenters. The first-order chi connectivity index (χ1) is 9.24. The highest BCUT2D eigenvalue weighted by molar-refractivity contribution is 9.10. The van der Waals surface area contributed by atoms with Gasteiger partial charge in [0.1, 0.15) is 5.75 Å². The van der Waals surface area contributed by atoms with Crippen LogP contribution in [0, 0.1) is 0 Å². The molecule has 2 aromatic carbocycles. The number of phenols is 1. The Morgan fingerprint density at radius 1 is 1.11 bits per heavy atom. The van der Waals surface area contributed by atoms with Gasteiger partial charge in [-0.15, -0.1) is 0 Å². The Morgan fingerprint density at radius 3 is 2.58 bits per heavy atom. The number of rotatable bonds is 2. The molecule has 0 bridgehead atoms. The summed E-state index contributed by atoms with van der Waals surface area (Å²) in [6.07, 6.45) is 0.777. The van der Waals surface area contributed by atoms with Crippen LogP contribution in [0.3, 0.4) is 0 Å². The van der Waals surface area contributed by atoms with E-state index in [9.17, 15) is 5.11 Å². The number of hydrazone groups is 1. The lowest BCUT2D eigenvalue weighted by molar-refractivity contribution is 0.455. The zero-order valence-electron chi connectivity index (χ0n) is 10.2. The minimum absolute atomic E-state index is 0.0415. The third-order valence-corrected chi connectivity index (χ3v) is 3.77. The van der Waals surface area contributed by atoms with Crippen molar-refractivity contribution in [3.05, 3.63) is 64.1 Å². The highest BCUT2D eigenvalue weighted by Gasteiger charge is 2.23. The molecule has 0 aliphatic carbocycles. The van der Waals surface area contributed by atoms with Crippen LogP contribution in [0.5, 0.6) is 5.75 Å². The van der Waals surface area contributed by atoms with E-state index in [1.165, 1.54) is 0 Å². The summed E-state index contributed by atoms with van der Waals surface area (Å²) in [5, 5.41) is 14.2. The van der Waals surface area contributed by atoms with E-state index in [4.69, 9.17) is 0 Å². The van der Waals surface area contributed by atoms with Gasteiger partial charge >= 0.3 is 0 Å². The zero-order valence-corrected chi connectivity index (χ0v) is 11.8. The van der Waals surface area contributed by atoms with Crippen molar-refractivity contribution in [1.29, 1.82) is 0 Å². The molecular weight excluding hydrogens is 304 g/mol. The molecule has 1 aliphatic rings. The van der Waals surface area contributed by atoms with Gasteiger partial charge in [0.25, 0.3) is 0 Å². The van der Waals surface area contributed by atoms with Gasteiger partial charge < -0.3 is 10.5 Å². The smallest absolute Gasteiger partial charge is 0.120 e. The Hall–Kier alpha value is -1.81. The van der Waals surface area contributed by atoms with Gasteiger partial charge in [-0.25, -0.2) is 0 Å². The van der Waals surface area contributed by atoms with Crippen LogP contribution in [0.4, 0.5) is 0 Å². The molecular formula is C15H13BrN2O. The Morgan fingerprint density at radius 2 is 1.84 bits per heavy atom. The molecule has 3 rings (SSSR count). The molecule has 0 radical (unpaired) electrons. The van der Waals surface area contributed by atoms with Crippen LogP contribution in [-0.2, 0) is 0 Å². The van der Waals surface area contributed by atoms with Crippen molar-refractivity contribution in [3.63, 3.8) is 0 Å². The number of nitrogens with zero attached hydrogens (tertiary/aromatic N) is 1. The van der Waals surface area contributed by atoms with Crippen LogP contribution in [0.2, 0.25) is 0 Å². The largest absolute Gasteiger partial charge is 0.508 e. The van der Waals surface area contributed by atoms with Crippen LogP contribution < -0.4 is 5.43 Å². The molecule has 0 fully saturated rings. The van der Waals surface area contributed by atoms with Crippen LogP contribution in [0.25, 0.3) is 0 Å². The second-order valence-electron chi connectivity index (χ2n) is 4.51. The topological polar surface area (TPSA) is 44.6 Å². The first-order valence-corrected chi connectivity index (χ1v) is 6.89. The van der Waals surface area contributed by atoms with Gasteiger partial charge in [-0.05, 0) is 23.8 Å². The molecule has 0 saturated heterocycles. The molecule has 1 aliphatic heterocycles. The maximum Gasteiger partial charge on any atom is 0.120 e. The second-order valence-corrected chi connectivity index (χ2v) is 5.43. The fourth-order valence-corrected chi connectivity index (χ4v) is 2.49. The normalized spacial score (nSPS) is 17.9. The lowest BCUT2D eigenvalue weighted by Gasteiger charge is -2.11. The van der Waals surface area contributed by atoms with Gasteiger partial charge in [0.2, 0.25) is 0 Å². The fraction of sp³-hybridized carbons (Fsp3) is 0.133. The minimum Gasteiger partial charge on any atom is -0.508 e. The Labute approximate surface area is 120 Å². The summed E-state index contributed by atoms with van der Waals surface area (Å²) in [5.41, 5.74) is 6.10. The van der Waals surface area contributed by atoms with Gasteiger partial charge in [-0.2, -0.15) is 5.10 Å². The number of hydrogen-bond donors (Lipinski definition) is 2. The monoisotopic (exact) mass is 316 g/mol. The Kier molecular flexibility index (Phi) is 3.25. The average Bonchev–Trinajstić information content (AvgIpc) is 2.89. The van der Waals surface area contributed by atoms with Crippen LogP contribution in [0.1, 0.15) is 23.6 Å². The van der Waals surface area contributed by atoms with Crippen molar-refractivity contribution < 1.29 is 5.11 Å². The molecule has 0 amide bonds. The second kappa shape index (κ2) is 5.05. The fourth-order valence-electron chi connectivity index (χ4n) is 2.23. The van der Waals surface area contributed by atoms with E-state index >= 15 is 0 Å². The van der Waals surface area contributed by atoms with E-state index < -0.39 is 0 Å². The first kappa shape index (κ1) is 12.2. The quantitative estimate of drug-likeness (QED) is 0.889. The van der Waals surface area contributed by atoms with E-state index in [-0.39, 0.29) is 6.04 Å². The molecule has 96 valence electrons. The lowest BCUT2D eigenvalue weighted by Crippen LogP contribution is -2.09. The van der Waals surface area contributed by atoms with E-state index in [1.807, 2.05) is 42.5 Å². The number of aromatic hydroxyl groups is 1. The number of halogens is 1. The van der Waals surface area contributed by atoms with Crippen molar-refractivity contribution in [3.8, 4) is 5.75 Å². The van der Waals surface area contributed by atoms with Crippen molar-refractivity contribution in [2.45, 2.75) is 12.5 Å². The molecule has 1 heterocycles. The predicted octanol–water partition coefficient (Wildman–Crippen LogP) is 3.59. The number of para-hydroxylation sites is 1. The maximum absolute atomic E-state index is 9.87. The van der Waals surface area contributed by atoms with Crippen molar-refractivity contribution in [1.82, 2.24) is 5.43 Å². The van der Waals surface area contributed by atoms with Crippen LogP contribution >= 0.6 is 15.9 Å². The van der Waals surface area contributed by atoms with Gasteiger partial charge in [0.05, 0.1) is 11.8 Å². The minimum atomic E-state index is 0.0415. The standard InChI is InChI=1S/C15H13BrN2O/c16-11-7-5-10(6-8-11)13-9-14(18-17-13)12-3-1-2-4-15(12)19/h1-8,14,18-19H,9H2/t14-/m1/s1. The van der Waals surface area contributed by atoms with E-state index in [2.05, 4.69) is 26.5 Å². The van der Waals surface area contributed by atoms with Crippen LogP contribution in [-0.4, -0.2) is 10.8 Å². The molecule has 0 saturated carbocycles. The molecule has 2 aromatic rings. The van der Waals surface area contributed by atoms with Gasteiger partial charge in [-0.1, -0.05) is 46.3 Å². The van der Waals surface area contributed by atoms with E-state index in [1.54, 1.807) is 6.07 Å². The Bertz CT molecular complexity index is 622.